The van der Waals surface area contributed by atoms with Crippen LogP contribution in [-0.2, 0) is 32.0 Å². The number of hydrogen-bond donors (Lipinski definition) is 2. The molecule has 3 heterocycles. The second-order valence-corrected chi connectivity index (χ2v) is 7.22. The van der Waals surface area contributed by atoms with E-state index >= 15 is 0 Å². The van der Waals surface area contributed by atoms with E-state index in [1.807, 2.05) is 24.3 Å². The molecule has 0 aliphatic carbocycles. The van der Waals surface area contributed by atoms with Crippen LogP contribution in [0.4, 0.5) is 0 Å². The zero-order chi connectivity index (χ0) is 22.1. The summed E-state index contributed by atoms with van der Waals surface area (Å²) in [5.41, 5.74) is 5.12. The van der Waals surface area contributed by atoms with Crippen LogP contribution in [0.15, 0.2) is 42.7 Å². The lowest BCUT2D eigenvalue weighted by molar-refractivity contribution is 0.112. The van der Waals surface area contributed by atoms with Gasteiger partial charge >= 0.3 is 14.2 Å². The smallest absolute Gasteiger partial charge is 0.491 e. The molecule has 1 saturated heterocycles. The van der Waals surface area contributed by atoms with E-state index in [1.54, 1.807) is 31.6 Å². The van der Waals surface area contributed by atoms with Gasteiger partial charge in [0.25, 0.3) is 0 Å². The fourth-order valence-electron chi connectivity index (χ4n) is 3.30. The van der Waals surface area contributed by atoms with Gasteiger partial charge in [-0.15, -0.1) is 0 Å². The Bertz CT molecular complexity index is 892. The maximum Gasteiger partial charge on any atom is 0.491 e. The van der Waals surface area contributed by atoms with E-state index in [0.717, 1.165) is 41.7 Å². The average Bonchev–Trinajstić information content (AvgIpc) is 3.57. The lowest BCUT2D eigenvalue weighted by Crippen LogP contribution is -2.28. The van der Waals surface area contributed by atoms with Crippen LogP contribution >= 0.6 is 0 Å². The number of carbonyl (C=O) groups excluding carboxylic acids is 1. The van der Waals surface area contributed by atoms with Gasteiger partial charge in [-0.2, -0.15) is 0 Å². The summed E-state index contributed by atoms with van der Waals surface area (Å²) in [5.74, 6) is 0. The van der Waals surface area contributed by atoms with Crippen molar-refractivity contribution in [2.24, 2.45) is 0 Å². The van der Waals surface area contributed by atoms with E-state index in [2.05, 4.69) is 0 Å². The van der Waals surface area contributed by atoms with E-state index in [0.29, 0.717) is 24.2 Å². The van der Waals surface area contributed by atoms with Crippen LogP contribution in [0.1, 0.15) is 47.3 Å². The fourth-order valence-corrected chi connectivity index (χ4v) is 3.30. The lowest BCUT2D eigenvalue weighted by Gasteiger charge is -1.99. The third kappa shape index (κ3) is 7.05. The first-order chi connectivity index (χ1) is 15.1. The molecule has 2 aromatic carbocycles. The van der Waals surface area contributed by atoms with Crippen molar-refractivity contribution < 1.29 is 33.6 Å². The van der Waals surface area contributed by atoms with Crippen molar-refractivity contribution in [2.45, 2.75) is 33.5 Å². The standard InChI is InChI=1S/C10H11BO3.C8H7BO3.C4H8O.CH4/c1-13-5-4-8-2-3-9-7-14-11(12)10(9)6-8;10-4-6-1-2-7-5-12-9(11)8(7)3-6;1-2-4-5-3-1;/h2-6,12H,7H2,1H3;1-4,11H,5H2;1-4H2;1H4/b5-4+;;;. The van der Waals surface area contributed by atoms with E-state index < -0.39 is 14.2 Å². The first kappa shape index (κ1) is 25.8. The number of methoxy groups -OCH3 is 1. The Morgan fingerprint density at radius 1 is 0.906 bits per heavy atom. The molecule has 170 valence electrons. The molecule has 5 rings (SSSR count). The van der Waals surface area contributed by atoms with Gasteiger partial charge < -0.3 is 28.8 Å². The van der Waals surface area contributed by atoms with Crippen molar-refractivity contribution in [1.29, 1.82) is 0 Å². The van der Waals surface area contributed by atoms with E-state index in [1.165, 1.54) is 12.8 Å². The maximum atomic E-state index is 10.4. The van der Waals surface area contributed by atoms with Crippen LogP contribution in [0.3, 0.4) is 0 Å². The molecule has 0 bridgehead atoms. The first-order valence-electron chi connectivity index (χ1n) is 10.2. The minimum atomic E-state index is -0.861. The summed E-state index contributed by atoms with van der Waals surface area (Å²) in [4.78, 5) is 10.4. The second-order valence-electron chi connectivity index (χ2n) is 7.22. The molecule has 9 heteroatoms. The number of hydrogen-bond acceptors (Lipinski definition) is 7. The molecule has 0 amide bonds. The molecule has 0 atom stereocenters. The average molecular weight is 440 g/mol. The third-order valence-corrected chi connectivity index (χ3v) is 5.03. The molecule has 0 saturated carbocycles. The van der Waals surface area contributed by atoms with E-state index in [4.69, 9.17) is 18.8 Å². The molecule has 0 radical (unpaired) electrons. The van der Waals surface area contributed by atoms with Gasteiger partial charge in [0.1, 0.15) is 6.29 Å². The molecule has 3 aliphatic heterocycles. The first-order valence-corrected chi connectivity index (χ1v) is 10.2. The van der Waals surface area contributed by atoms with E-state index in [-0.39, 0.29) is 7.43 Å². The Hall–Kier alpha value is -2.42. The molecule has 1 fully saturated rings. The summed E-state index contributed by atoms with van der Waals surface area (Å²) in [6.45, 7) is 2.92. The molecule has 7 nitrogen and oxygen atoms in total. The monoisotopic (exact) mass is 440 g/mol. The van der Waals surface area contributed by atoms with Crippen LogP contribution in [0.5, 0.6) is 0 Å². The minimum absolute atomic E-state index is 0. The Morgan fingerprint density at radius 3 is 1.91 bits per heavy atom. The molecule has 3 aliphatic rings. The van der Waals surface area contributed by atoms with Gasteiger partial charge in [0, 0.05) is 18.8 Å². The van der Waals surface area contributed by atoms with Crippen molar-refractivity contribution in [3.63, 3.8) is 0 Å². The molecule has 32 heavy (non-hydrogen) atoms. The molecule has 2 aromatic rings. The lowest BCUT2D eigenvalue weighted by atomic mass is 9.79. The molecule has 2 N–H and O–H groups in total. The highest BCUT2D eigenvalue weighted by Crippen LogP contribution is 2.12. The summed E-state index contributed by atoms with van der Waals surface area (Å²) in [6, 6.07) is 11.0. The number of fused-ring (bicyclic) bond motifs is 2. The Kier molecular flexibility index (Phi) is 10.7. The summed E-state index contributed by atoms with van der Waals surface area (Å²) in [6.07, 6.45) is 6.75. The predicted molar refractivity (Wildman–Crippen MR) is 126 cm³/mol. The van der Waals surface area contributed by atoms with Crippen LogP contribution in [0, 0.1) is 0 Å². The topological polar surface area (TPSA) is 94.5 Å². The van der Waals surface area contributed by atoms with Crippen LogP contribution in [-0.4, -0.2) is 50.9 Å². The summed E-state index contributed by atoms with van der Waals surface area (Å²) >= 11 is 0. The normalized spacial score (nSPS) is 15.7. The predicted octanol–water partition coefficient (Wildman–Crippen LogP) is 1.67. The molecule has 0 aromatic heterocycles. The van der Waals surface area contributed by atoms with Crippen LogP contribution < -0.4 is 10.9 Å². The Balaban J connectivity index is 0.000000184. The van der Waals surface area contributed by atoms with Gasteiger partial charge in [-0.3, -0.25) is 4.79 Å². The second kappa shape index (κ2) is 13.2. The largest absolute Gasteiger partial charge is 0.504 e. The molecule has 0 unspecified atom stereocenters. The van der Waals surface area contributed by atoms with Crippen molar-refractivity contribution in [1.82, 2.24) is 0 Å². The summed E-state index contributed by atoms with van der Waals surface area (Å²) < 4.78 is 19.8. The summed E-state index contributed by atoms with van der Waals surface area (Å²) in [7, 11) is -0.0391. The van der Waals surface area contributed by atoms with Gasteiger partial charge in [-0.25, -0.2) is 0 Å². The van der Waals surface area contributed by atoms with E-state index in [9.17, 15) is 14.8 Å². The zero-order valence-corrected chi connectivity index (χ0v) is 17.5. The van der Waals surface area contributed by atoms with Gasteiger partial charge in [-0.1, -0.05) is 43.8 Å². The van der Waals surface area contributed by atoms with Gasteiger partial charge in [-0.05, 0) is 46.5 Å². The quantitative estimate of drug-likeness (QED) is 0.426. The fraction of sp³-hybridized carbons (Fsp3) is 0.348. The van der Waals surface area contributed by atoms with Gasteiger partial charge in [0.15, 0.2) is 0 Å². The highest BCUT2D eigenvalue weighted by Gasteiger charge is 2.27. The van der Waals surface area contributed by atoms with Crippen LogP contribution in [0.2, 0.25) is 0 Å². The highest BCUT2D eigenvalue weighted by molar-refractivity contribution is 6.62. The molecule has 0 spiro atoms. The number of aldehydes is 1. The van der Waals surface area contributed by atoms with Crippen molar-refractivity contribution in [2.75, 3.05) is 20.3 Å². The number of rotatable bonds is 3. The Labute approximate surface area is 190 Å². The Morgan fingerprint density at radius 2 is 1.44 bits per heavy atom. The minimum Gasteiger partial charge on any atom is -0.504 e. The third-order valence-electron chi connectivity index (χ3n) is 5.03. The van der Waals surface area contributed by atoms with Crippen LogP contribution in [0.25, 0.3) is 6.08 Å². The van der Waals surface area contributed by atoms with Gasteiger partial charge in [0.05, 0.1) is 26.6 Å². The molecular weight excluding hydrogens is 410 g/mol. The number of ether oxygens (including phenoxy) is 2. The number of carbonyl (C=O) groups is 1. The maximum absolute atomic E-state index is 10.4. The zero-order valence-electron chi connectivity index (χ0n) is 17.5. The molecular formula is C23H30B2O7. The van der Waals surface area contributed by atoms with Crippen molar-refractivity contribution >= 4 is 37.5 Å². The van der Waals surface area contributed by atoms with Gasteiger partial charge in [0.2, 0.25) is 0 Å². The van der Waals surface area contributed by atoms with Crippen molar-refractivity contribution in [3.05, 3.63) is 64.9 Å². The summed E-state index contributed by atoms with van der Waals surface area (Å²) in [5, 5.41) is 18.7. The number of benzene rings is 2. The SMILES string of the molecule is C.C1CCOC1.CO/C=C/c1ccc2c(c1)B(O)OC2.O=Cc1ccc2c(c1)B(O)OC2. The highest BCUT2D eigenvalue weighted by atomic mass is 16.5. The van der Waals surface area contributed by atoms with Crippen molar-refractivity contribution in [3.8, 4) is 0 Å².